The number of benzene rings is 1. The van der Waals surface area contributed by atoms with Crippen LogP contribution in [0.5, 0.6) is 0 Å². The normalized spacial score (nSPS) is 13.5. The van der Waals surface area contributed by atoms with Crippen molar-refractivity contribution in [3.63, 3.8) is 0 Å². The molecule has 0 saturated heterocycles. The van der Waals surface area contributed by atoms with Gasteiger partial charge in [0.1, 0.15) is 11.9 Å². The molecule has 2 atom stereocenters. The second kappa shape index (κ2) is 6.10. The maximum atomic E-state index is 13.6. The Balaban J connectivity index is 3.15. The molecule has 0 aromatic heterocycles. The third-order valence-electron chi connectivity index (χ3n) is 2.53. The first-order valence-corrected chi connectivity index (χ1v) is 5.20. The molecule has 0 radical (unpaired) electrons. The number of hydrogen-bond donors (Lipinski definition) is 2. The molecule has 0 bridgehead atoms. The Labute approximate surface area is 106 Å². The summed E-state index contributed by atoms with van der Waals surface area (Å²) in [5.74, 6) is -0.879. The number of rotatable bonds is 5. The van der Waals surface area contributed by atoms with Gasteiger partial charge in [0, 0.05) is 22.1 Å². The minimum atomic E-state index is -1.72. The number of nitro groups is 1. The fourth-order valence-corrected chi connectivity index (χ4v) is 1.53. The van der Waals surface area contributed by atoms with Gasteiger partial charge in [-0.15, -0.1) is 0 Å². The summed E-state index contributed by atoms with van der Waals surface area (Å²) in [6, 6.07) is 1.76. The Kier molecular flexibility index (Phi) is 4.76. The highest BCUT2D eigenvalue weighted by Crippen LogP contribution is 2.28. The van der Waals surface area contributed by atoms with Crippen molar-refractivity contribution in [1.82, 2.24) is 0 Å². The van der Waals surface area contributed by atoms with Crippen molar-refractivity contribution >= 4 is 5.69 Å². The van der Waals surface area contributed by atoms with E-state index in [0.717, 1.165) is 12.1 Å². The standard InChI is InChI=1S/C10H11FN4O4/c1-5-2-7(11)6(3-8(5)15(18)19)10(17)9(16)4-13-14-12/h2-3,9-10,16-17H,4H2,1H3. The monoisotopic (exact) mass is 270 g/mol. The van der Waals surface area contributed by atoms with E-state index < -0.39 is 35.1 Å². The van der Waals surface area contributed by atoms with Gasteiger partial charge < -0.3 is 10.2 Å². The first kappa shape index (κ1) is 14.8. The van der Waals surface area contributed by atoms with Gasteiger partial charge in [0.2, 0.25) is 0 Å². The zero-order valence-electron chi connectivity index (χ0n) is 9.89. The molecule has 2 unspecified atom stereocenters. The summed E-state index contributed by atoms with van der Waals surface area (Å²) in [4.78, 5) is 12.4. The molecule has 2 N–H and O–H groups in total. The summed E-state index contributed by atoms with van der Waals surface area (Å²) >= 11 is 0. The molecular weight excluding hydrogens is 259 g/mol. The maximum absolute atomic E-state index is 13.6. The number of aliphatic hydroxyl groups excluding tert-OH is 2. The van der Waals surface area contributed by atoms with Crippen LogP contribution in [0, 0.1) is 22.9 Å². The van der Waals surface area contributed by atoms with E-state index >= 15 is 0 Å². The van der Waals surface area contributed by atoms with Crippen LogP contribution in [-0.2, 0) is 0 Å². The lowest BCUT2D eigenvalue weighted by molar-refractivity contribution is -0.385. The van der Waals surface area contributed by atoms with E-state index in [1.54, 1.807) is 0 Å². The van der Waals surface area contributed by atoms with Gasteiger partial charge in [-0.05, 0) is 18.5 Å². The Morgan fingerprint density at radius 1 is 1.58 bits per heavy atom. The van der Waals surface area contributed by atoms with Crippen LogP contribution in [0.15, 0.2) is 17.2 Å². The molecule has 1 rings (SSSR count). The largest absolute Gasteiger partial charge is 0.390 e. The zero-order valence-corrected chi connectivity index (χ0v) is 9.89. The second-order valence-corrected chi connectivity index (χ2v) is 3.84. The van der Waals surface area contributed by atoms with Gasteiger partial charge >= 0.3 is 0 Å². The number of azide groups is 1. The first-order chi connectivity index (χ1) is 8.88. The van der Waals surface area contributed by atoms with Crippen molar-refractivity contribution in [2.45, 2.75) is 19.1 Å². The van der Waals surface area contributed by atoms with Crippen molar-refractivity contribution in [2.24, 2.45) is 5.11 Å². The molecule has 0 aliphatic heterocycles. The molecule has 19 heavy (non-hydrogen) atoms. The van der Waals surface area contributed by atoms with Gasteiger partial charge in [0.15, 0.2) is 0 Å². The van der Waals surface area contributed by atoms with Crippen LogP contribution in [0.2, 0.25) is 0 Å². The Hall–Kier alpha value is -2.22. The summed E-state index contributed by atoms with van der Waals surface area (Å²) in [6.07, 6.45) is -3.27. The molecule has 0 aliphatic carbocycles. The molecule has 0 spiro atoms. The van der Waals surface area contributed by atoms with Crippen molar-refractivity contribution in [2.75, 3.05) is 6.54 Å². The van der Waals surface area contributed by atoms with Crippen LogP contribution in [0.3, 0.4) is 0 Å². The van der Waals surface area contributed by atoms with Crippen molar-refractivity contribution in [1.29, 1.82) is 0 Å². The summed E-state index contributed by atoms with van der Waals surface area (Å²) in [5.41, 5.74) is 7.39. The predicted octanol–water partition coefficient (Wildman–Crippen LogP) is 1.75. The van der Waals surface area contributed by atoms with Gasteiger partial charge in [0.25, 0.3) is 5.69 Å². The van der Waals surface area contributed by atoms with Gasteiger partial charge in [-0.1, -0.05) is 5.11 Å². The Bertz CT molecular complexity index is 545. The topological polar surface area (TPSA) is 132 Å². The molecule has 8 nitrogen and oxygen atoms in total. The molecule has 0 saturated carbocycles. The molecule has 0 fully saturated rings. The lowest BCUT2D eigenvalue weighted by atomic mass is 10.0. The van der Waals surface area contributed by atoms with Crippen LogP contribution in [0.1, 0.15) is 17.2 Å². The number of hydrogen-bond acceptors (Lipinski definition) is 5. The number of nitrogens with zero attached hydrogens (tertiary/aromatic N) is 4. The lowest BCUT2D eigenvalue weighted by Gasteiger charge is -2.17. The second-order valence-electron chi connectivity index (χ2n) is 3.84. The predicted molar refractivity (Wildman–Crippen MR) is 62.8 cm³/mol. The number of halogens is 1. The molecule has 1 aromatic carbocycles. The van der Waals surface area contributed by atoms with Gasteiger partial charge in [-0.25, -0.2) is 4.39 Å². The number of nitro benzene ring substituents is 1. The highest BCUT2D eigenvalue weighted by atomic mass is 19.1. The summed E-state index contributed by atoms with van der Waals surface area (Å²) < 4.78 is 13.6. The molecule has 1 aromatic rings. The smallest absolute Gasteiger partial charge is 0.272 e. The highest BCUT2D eigenvalue weighted by molar-refractivity contribution is 5.44. The molecule has 0 aliphatic rings. The Morgan fingerprint density at radius 2 is 2.21 bits per heavy atom. The van der Waals surface area contributed by atoms with Crippen LogP contribution in [0.25, 0.3) is 10.4 Å². The minimum Gasteiger partial charge on any atom is -0.390 e. The Morgan fingerprint density at radius 3 is 2.74 bits per heavy atom. The van der Waals surface area contributed by atoms with Crippen molar-refractivity contribution < 1.29 is 19.5 Å². The third kappa shape index (κ3) is 3.38. The van der Waals surface area contributed by atoms with E-state index in [1.165, 1.54) is 6.92 Å². The van der Waals surface area contributed by atoms with Crippen molar-refractivity contribution in [3.8, 4) is 0 Å². The zero-order chi connectivity index (χ0) is 14.6. The van der Waals surface area contributed by atoms with E-state index in [-0.39, 0.29) is 11.3 Å². The van der Waals surface area contributed by atoms with Crippen molar-refractivity contribution in [3.05, 3.63) is 49.6 Å². The average Bonchev–Trinajstić information content (AvgIpc) is 2.34. The fourth-order valence-electron chi connectivity index (χ4n) is 1.53. The van der Waals surface area contributed by atoms with Crippen LogP contribution < -0.4 is 0 Å². The van der Waals surface area contributed by atoms with Crippen LogP contribution in [0.4, 0.5) is 10.1 Å². The van der Waals surface area contributed by atoms with Crippen LogP contribution >= 0.6 is 0 Å². The highest BCUT2D eigenvalue weighted by Gasteiger charge is 2.25. The SMILES string of the molecule is Cc1cc(F)c(C(O)C(O)CN=[N+]=[N-])cc1[N+](=O)[O-]. The maximum Gasteiger partial charge on any atom is 0.272 e. The van der Waals surface area contributed by atoms with E-state index in [9.17, 15) is 24.7 Å². The molecule has 0 heterocycles. The first-order valence-electron chi connectivity index (χ1n) is 5.20. The van der Waals surface area contributed by atoms with E-state index in [1.807, 2.05) is 0 Å². The summed E-state index contributed by atoms with van der Waals surface area (Å²) in [5, 5.41) is 32.9. The molecule has 9 heteroatoms. The molecular formula is C10H11FN4O4. The summed E-state index contributed by atoms with van der Waals surface area (Å²) in [6.45, 7) is 0.882. The molecule has 102 valence electrons. The third-order valence-corrected chi connectivity index (χ3v) is 2.53. The fraction of sp³-hybridized carbons (Fsp3) is 0.400. The average molecular weight is 270 g/mol. The number of aryl methyl sites for hydroxylation is 1. The molecule has 0 amide bonds. The minimum absolute atomic E-state index is 0.1000. The van der Waals surface area contributed by atoms with Gasteiger partial charge in [-0.3, -0.25) is 10.1 Å². The number of aliphatic hydroxyl groups is 2. The van der Waals surface area contributed by atoms with E-state index in [4.69, 9.17) is 5.53 Å². The quantitative estimate of drug-likeness (QED) is 0.277. The lowest BCUT2D eigenvalue weighted by Crippen LogP contribution is -2.22. The summed E-state index contributed by atoms with van der Waals surface area (Å²) in [7, 11) is 0. The van der Waals surface area contributed by atoms with E-state index in [0.29, 0.717) is 0 Å². The van der Waals surface area contributed by atoms with E-state index in [2.05, 4.69) is 10.0 Å². The van der Waals surface area contributed by atoms with Gasteiger partial charge in [0.05, 0.1) is 17.6 Å². The van der Waals surface area contributed by atoms with Gasteiger partial charge in [-0.2, -0.15) is 0 Å². The van der Waals surface area contributed by atoms with Crippen LogP contribution in [-0.4, -0.2) is 27.8 Å².